The van der Waals surface area contributed by atoms with Crippen molar-refractivity contribution in [2.75, 3.05) is 20.2 Å². The Morgan fingerprint density at radius 2 is 1.80 bits per heavy atom. The number of methoxy groups -OCH3 is 1. The van der Waals surface area contributed by atoms with Gasteiger partial charge in [-0.2, -0.15) is 0 Å². The number of carbonyl (C=O) groups is 2. The van der Waals surface area contributed by atoms with Crippen LogP contribution in [0.3, 0.4) is 0 Å². The number of benzene rings is 2. The molecule has 1 aromatic heterocycles. The zero-order valence-electron chi connectivity index (χ0n) is 16.9. The largest absolute Gasteiger partial charge is 0.469 e. The lowest BCUT2D eigenvalue weighted by Gasteiger charge is -2.23. The summed E-state index contributed by atoms with van der Waals surface area (Å²) in [4.78, 5) is 30.9. The summed E-state index contributed by atoms with van der Waals surface area (Å²) >= 11 is 1.51. The molecule has 0 saturated heterocycles. The molecular formula is C23H25N3O3S. The minimum Gasteiger partial charge on any atom is -0.469 e. The Labute approximate surface area is 180 Å². The molecule has 1 amide bonds. The molecule has 2 aromatic carbocycles. The SMILES string of the molecule is COC(=O)CCN(CC(=O)NC(c1ccccc1)c1nccs1)Cc1ccccc1. The Kier molecular flexibility index (Phi) is 8.11. The van der Waals surface area contributed by atoms with Crippen LogP contribution in [0.5, 0.6) is 0 Å². The molecule has 0 radical (unpaired) electrons. The van der Waals surface area contributed by atoms with Gasteiger partial charge in [-0.3, -0.25) is 14.5 Å². The molecule has 0 spiro atoms. The van der Waals surface area contributed by atoms with Crippen molar-refractivity contribution in [3.05, 3.63) is 88.4 Å². The normalized spacial score (nSPS) is 11.8. The molecule has 1 heterocycles. The second kappa shape index (κ2) is 11.2. The zero-order valence-corrected chi connectivity index (χ0v) is 17.7. The van der Waals surface area contributed by atoms with Crippen molar-refractivity contribution in [1.82, 2.24) is 15.2 Å². The lowest BCUT2D eigenvalue weighted by atomic mass is 10.1. The third-order valence-corrected chi connectivity index (χ3v) is 5.45. The van der Waals surface area contributed by atoms with Gasteiger partial charge in [0.25, 0.3) is 0 Å². The monoisotopic (exact) mass is 423 g/mol. The van der Waals surface area contributed by atoms with Crippen LogP contribution in [0.15, 0.2) is 72.2 Å². The maximum absolute atomic E-state index is 12.9. The van der Waals surface area contributed by atoms with Gasteiger partial charge in [0.15, 0.2) is 0 Å². The number of nitrogens with zero attached hydrogens (tertiary/aromatic N) is 2. The van der Waals surface area contributed by atoms with Crippen molar-refractivity contribution in [2.45, 2.75) is 19.0 Å². The molecule has 3 aromatic rings. The van der Waals surface area contributed by atoms with Crippen molar-refractivity contribution >= 4 is 23.2 Å². The van der Waals surface area contributed by atoms with Crippen LogP contribution in [0, 0.1) is 0 Å². The number of nitrogens with one attached hydrogen (secondary N) is 1. The highest BCUT2D eigenvalue weighted by Gasteiger charge is 2.21. The second-order valence-electron chi connectivity index (χ2n) is 6.80. The highest BCUT2D eigenvalue weighted by molar-refractivity contribution is 7.09. The molecule has 6 nitrogen and oxygen atoms in total. The number of esters is 1. The molecule has 0 aliphatic carbocycles. The van der Waals surface area contributed by atoms with Crippen molar-refractivity contribution in [3.63, 3.8) is 0 Å². The van der Waals surface area contributed by atoms with E-state index < -0.39 is 0 Å². The van der Waals surface area contributed by atoms with Gasteiger partial charge >= 0.3 is 5.97 Å². The Hall–Kier alpha value is -3.03. The van der Waals surface area contributed by atoms with Crippen LogP contribution < -0.4 is 5.32 Å². The van der Waals surface area contributed by atoms with Crippen LogP contribution >= 0.6 is 11.3 Å². The van der Waals surface area contributed by atoms with E-state index in [1.54, 1.807) is 6.20 Å². The molecule has 1 atom stereocenters. The van der Waals surface area contributed by atoms with E-state index in [0.29, 0.717) is 13.1 Å². The first kappa shape index (κ1) is 21.7. The summed E-state index contributed by atoms with van der Waals surface area (Å²) in [6.07, 6.45) is 1.96. The van der Waals surface area contributed by atoms with Gasteiger partial charge in [0.05, 0.1) is 20.1 Å². The number of aromatic nitrogens is 1. The fourth-order valence-electron chi connectivity index (χ4n) is 3.13. The molecule has 30 heavy (non-hydrogen) atoms. The predicted octanol–water partition coefficient (Wildman–Crippen LogP) is 3.41. The van der Waals surface area contributed by atoms with Gasteiger partial charge in [-0.15, -0.1) is 11.3 Å². The van der Waals surface area contributed by atoms with Crippen LogP contribution in [-0.2, 0) is 20.9 Å². The number of rotatable bonds is 10. The minimum absolute atomic E-state index is 0.125. The van der Waals surface area contributed by atoms with E-state index in [0.717, 1.165) is 16.1 Å². The van der Waals surface area contributed by atoms with Crippen molar-refractivity contribution < 1.29 is 14.3 Å². The van der Waals surface area contributed by atoms with Crippen LogP contribution in [0.2, 0.25) is 0 Å². The van der Waals surface area contributed by atoms with Crippen LogP contribution in [0.4, 0.5) is 0 Å². The molecule has 0 bridgehead atoms. The lowest BCUT2D eigenvalue weighted by Crippen LogP contribution is -2.39. The molecule has 0 saturated carbocycles. The summed E-state index contributed by atoms with van der Waals surface area (Å²) in [5.74, 6) is -0.418. The second-order valence-corrected chi connectivity index (χ2v) is 7.73. The van der Waals surface area contributed by atoms with E-state index in [1.807, 2.05) is 70.9 Å². The van der Waals surface area contributed by atoms with Gasteiger partial charge in [-0.25, -0.2) is 4.98 Å². The molecule has 0 fully saturated rings. The summed E-state index contributed by atoms with van der Waals surface area (Å²) in [5.41, 5.74) is 2.06. The first-order valence-electron chi connectivity index (χ1n) is 9.72. The van der Waals surface area contributed by atoms with E-state index in [9.17, 15) is 9.59 Å². The Morgan fingerprint density at radius 1 is 1.10 bits per heavy atom. The predicted molar refractivity (Wildman–Crippen MR) is 117 cm³/mol. The van der Waals surface area contributed by atoms with Gasteiger partial charge in [0.2, 0.25) is 5.91 Å². The summed E-state index contributed by atoms with van der Waals surface area (Å²) < 4.78 is 4.75. The van der Waals surface area contributed by atoms with Crippen LogP contribution in [-0.4, -0.2) is 42.0 Å². The molecule has 0 aliphatic heterocycles. The summed E-state index contributed by atoms with van der Waals surface area (Å²) in [6.45, 7) is 1.17. The highest BCUT2D eigenvalue weighted by Crippen LogP contribution is 2.23. The van der Waals surface area contributed by atoms with Crippen molar-refractivity contribution in [3.8, 4) is 0 Å². The van der Waals surface area contributed by atoms with Gasteiger partial charge in [0.1, 0.15) is 11.0 Å². The highest BCUT2D eigenvalue weighted by atomic mass is 32.1. The Morgan fingerprint density at radius 3 is 2.43 bits per heavy atom. The molecule has 0 aliphatic rings. The van der Waals surface area contributed by atoms with Gasteiger partial charge in [0, 0.05) is 24.7 Å². The number of hydrogen-bond acceptors (Lipinski definition) is 6. The van der Waals surface area contributed by atoms with E-state index in [-0.39, 0.29) is 30.9 Å². The zero-order chi connectivity index (χ0) is 21.2. The maximum Gasteiger partial charge on any atom is 0.306 e. The number of hydrogen-bond donors (Lipinski definition) is 1. The van der Waals surface area contributed by atoms with Gasteiger partial charge in [-0.1, -0.05) is 60.7 Å². The average molecular weight is 424 g/mol. The quantitative estimate of drug-likeness (QED) is 0.506. The average Bonchev–Trinajstić information content (AvgIpc) is 3.31. The summed E-state index contributed by atoms with van der Waals surface area (Å²) in [5, 5.41) is 5.84. The summed E-state index contributed by atoms with van der Waals surface area (Å²) in [6, 6.07) is 19.4. The smallest absolute Gasteiger partial charge is 0.306 e. The first-order chi connectivity index (χ1) is 14.7. The molecular weight excluding hydrogens is 398 g/mol. The molecule has 7 heteroatoms. The van der Waals surface area contributed by atoms with Crippen LogP contribution in [0.1, 0.15) is 28.6 Å². The maximum atomic E-state index is 12.9. The number of thiazole rings is 1. The number of carbonyl (C=O) groups excluding carboxylic acids is 2. The van der Waals surface area contributed by atoms with E-state index in [4.69, 9.17) is 4.74 Å². The number of amides is 1. The standard InChI is InChI=1S/C23H25N3O3S/c1-29-21(28)12-14-26(16-18-8-4-2-5-9-18)17-20(27)25-22(23-24-13-15-30-23)19-10-6-3-7-11-19/h2-11,13,15,22H,12,14,16-17H2,1H3,(H,25,27). The molecule has 1 unspecified atom stereocenters. The fourth-order valence-corrected chi connectivity index (χ4v) is 3.84. The first-order valence-corrected chi connectivity index (χ1v) is 10.6. The molecule has 1 N–H and O–H groups in total. The Balaban J connectivity index is 1.70. The van der Waals surface area contributed by atoms with E-state index >= 15 is 0 Å². The molecule has 3 rings (SSSR count). The minimum atomic E-state index is -0.308. The number of ether oxygens (including phenoxy) is 1. The van der Waals surface area contributed by atoms with E-state index in [2.05, 4.69) is 10.3 Å². The third-order valence-electron chi connectivity index (χ3n) is 4.61. The Bertz CT molecular complexity index is 917. The topological polar surface area (TPSA) is 71.5 Å². The van der Waals surface area contributed by atoms with Gasteiger partial charge < -0.3 is 10.1 Å². The third kappa shape index (κ3) is 6.50. The molecule has 156 valence electrons. The van der Waals surface area contributed by atoms with Crippen molar-refractivity contribution in [1.29, 1.82) is 0 Å². The fraction of sp³-hybridized carbons (Fsp3) is 0.261. The van der Waals surface area contributed by atoms with E-state index in [1.165, 1.54) is 18.4 Å². The van der Waals surface area contributed by atoms with Gasteiger partial charge in [-0.05, 0) is 11.1 Å². The summed E-state index contributed by atoms with van der Waals surface area (Å²) in [7, 11) is 1.37. The van der Waals surface area contributed by atoms with Crippen molar-refractivity contribution in [2.24, 2.45) is 0 Å². The van der Waals surface area contributed by atoms with Crippen LogP contribution in [0.25, 0.3) is 0 Å². The lowest BCUT2D eigenvalue weighted by molar-refractivity contribution is -0.141.